The van der Waals surface area contributed by atoms with Gasteiger partial charge in [-0.05, 0) is 55.8 Å². The fourth-order valence-electron chi connectivity index (χ4n) is 4.97. The molecule has 3 atom stereocenters. The quantitative estimate of drug-likeness (QED) is 0.570. The van der Waals surface area contributed by atoms with E-state index in [0.717, 1.165) is 19.3 Å². The van der Waals surface area contributed by atoms with E-state index in [-0.39, 0.29) is 5.92 Å². The Morgan fingerprint density at radius 2 is 1.76 bits per heavy atom. The van der Waals surface area contributed by atoms with Gasteiger partial charge < -0.3 is 9.47 Å². The van der Waals surface area contributed by atoms with Crippen LogP contribution in [0.4, 0.5) is 8.78 Å². The van der Waals surface area contributed by atoms with Gasteiger partial charge in [-0.25, -0.2) is 9.59 Å². The Kier molecular flexibility index (Phi) is 4.34. The molecule has 0 radical (unpaired) electrons. The van der Waals surface area contributed by atoms with Crippen molar-refractivity contribution in [2.45, 2.75) is 49.9 Å². The molecule has 4 aliphatic rings. The molecule has 0 heterocycles. The van der Waals surface area contributed by atoms with E-state index in [1.54, 1.807) is 0 Å². The van der Waals surface area contributed by atoms with Gasteiger partial charge >= 0.3 is 27.3 Å². The van der Waals surface area contributed by atoms with E-state index in [1.807, 2.05) is 6.92 Å². The monoisotopic (exact) mass is 382 g/mol. The largest absolute Gasteiger partial charge is 0.465 e. The second-order valence-electron chi connectivity index (χ2n) is 7.50. The summed E-state index contributed by atoms with van der Waals surface area (Å²) in [5, 5.41) is -5.12. The van der Waals surface area contributed by atoms with Gasteiger partial charge in [0, 0.05) is 0 Å². The number of rotatable bonds is 5. The van der Waals surface area contributed by atoms with Crippen LogP contribution in [0.15, 0.2) is 0 Å². The Balaban J connectivity index is 1.61. The number of carbonyl (C=O) groups excluding carboxylic acids is 2. The third-order valence-electron chi connectivity index (χ3n) is 5.94. The minimum atomic E-state index is -5.96. The second-order valence-corrected chi connectivity index (χ2v) is 8.97. The Labute approximate surface area is 143 Å². The first-order valence-electron chi connectivity index (χ1n) is 8.18. The van der Waals surface area contributed by atoms with Crippen molar-refractivity contribution in [1.82, 2.24) is 0 Å². The molecule has 0 saturated heterocycles. The van der Waals surface area contributed by atoms with Crippen LogP contribution < -0.4 is 0 Å². The molecule has 142 valence electrons. The number of esters is 2. The van der Waals surface area contributed by atoms with Crippen LogP contribution in [0.25, 0.3) is 0 Å². The molecule has 0 aromatic heterocycles. The van der Waals surface area contributed by atoms with Crippen molar-refractivity contribution in [2.24, 2.45) is 23.7 Å². The summed E-state index contributed by atoms with van der Waals surface area (Å²) >= 11 is 0. The maximum absolute atomic E-state index is 13.1. The normalized spacial score (nSPS) is 37.0. The zero-order valence-corrected chi connectivity index (χ0v) is 14.4. The molecule has 4 bridgehead atoms. The molecule has 4 fully saturated rings. The lowest BCUT2D eigenvalue weighted by Crippen LogP contribution is -2.58. The van der Waals surface area contributed by atoms with Crippen molar-refractivity contribution >= 4 is 22.1 Å². The number of alkyl halides is 2. The molecular formula is C15H20F2O7S. The first-order chi connectivity index (χ1) is 11.4. The first kappa shape index (κ1) is 18.5. The maximum Gasteiger partial charge on any atom is 0.465 e. The topological polar surface area (TPSA) is 107 Å². The van der Waals surface area contributed by atoms with Crippen LogP contribution in [0.5, 0.6) is 0 Å². The van der Waals surface area contributed by atoms with Crippen molar-refractivity contribution in [2.75, 3.05) is 6.61 Å². The standard InChI is InChI=1S/C15H20F2O7S/c1-8-11-3-9-2-10(4-11)6-14(8,5-9)24-12(18)7-23-13(19)15(16,17)25(20,21)22/h8-11H,2-7H2,1H3,(H,20,21,22). The zero-order chi connectivity index (χ0) is 18.6. The first-order valence-corrected chi connectivity index (χ1v) is 9.62. The highest BCUT2D eigenvalue weighted by molar-refractivity contribution is 7.87. The summed E-state index contributed by atoms with van der Waals surface area (Å²) in [7, 11) is -5.96. The summed E-state index contributed by atoms with van der Waals surface area (Å²) in [4.78, 5) is 23.1. The SMILES string of the molecule is CC1C2CC3CC(C2)CC1(OC(=O)COC(=O)C(F)(F)S(=O)(=O)O)C3. The lowest BCUT2D eigenvalue weighted by Gasteiger charge is -2.59. The van der Waals surface area contributed by atoms with E-state index in [1.165, 1.54) is 0 Å². The lowest BCUT2D eigenvalue weighted by atomic mass is 9.50. The summed E-state index contributed by atoms with van der Waals surface area (Å²) in [6.45, 7) is 0.882. The van der Waals surface area contributed by atoms with Gasteiger partial charge in [-0.2, -0.15) is 17.2 Å². The molecule has 25 heavy (non-hydrogen) atoms. The van der Waals surface area contributed by atoms with Crippen LogP contribution in [0.2, 0.25) is 0 Å². The van der Waals surface area contributed by atoms with Crippen molar-refractivity contribution in [1.29, 1.82) is 0 Å². The van der Waals surface area contributed by atoms with E-state index in [9.17, 15) is 26.8 Å². The van der Waals surface area contributed by atoms with Gasteiger partial charge in [0.25, 0.3) is 0 Å². The van der Waals surface area contributed by atoms with E-state index in [2.05, 4.69) is 4.74 Å². The fraction of sp³-hybridized carbons (Fsp3) is 0.867. The van der Waals surface area contributed by atoms with Gasteiger partial charge in [0.05, 0.1) is 0 Å². The van der Waals surface area contributed by atoms with Gasteiger partial charge in [0.2, 0.25) is 0 Å². The van der Waals surface area contributed by atoms with Gasteiger partial charge in [0.15, 0.2) is 6.61 Å². The van der Waals surface area contributed by atoms with Crippen LogP contribution in [-0.2, 0) is 29.2 Å². The fourth-order valence-corrected chi connectivity index (χ4v) is 5.24. The minimum Gasteiger partial charge on any atom is -0.456 e. The van der Waals surface area contributed by atoms with Crippen LogP contribution >= 0.6 is 0 Å². The highest BCUT2D eigenvalue weighted by Gasteiger charge is 2.58. The second kappa shape index (κ2) is 5.87. The smallest absolute Gasteiger partial charge is 0.456 e. The van der Waals surface area contributed by atoms with Crippen molar-refractivity contribution < 1.29 is 40.8 Å². The maximum atomic E-state index is 13.1. The van der Waals surface area contributed by atoms with E-state index >= 15 is 0 Å². The molecule has 3 unspecified atom stereocenters. The number of ether oxygens (including phenoxy) is 2. The molecule has 1 N–H and O–H groups in total. The Morgan fingerprint density at radius 3 is 2.28 bits per heavy atom. The van der Waals surface area contributed by atoms with Crippen LogP contribution in [0, 0.1) is 23.7 Å². The van der Waals surface area contributed by atoms with Gasteiger partial charge in [-0.15, -0.1) is 0 Å². The molecule has 0 aromatic carbocycles. The van der Waals surface area contributed by atoms with Gasteiger partial charge in [-0.1, -0.05) is 6.92 Å². The third kappa shape index (κ3) is 3.14. The third-order valence-corrected chi connectivity index (χ3v) is 6.76. The van der Waals surface area contributed by atoms with Crippen LogP contribution in [-0.4, -0.2) is 42.4 Å². The molecule has 0 aromatic rings. The highest BCUT2D eigenvalue weighted by atomic mass is 32.2. The predicted octanol–water partition coefficient (Wildman–Crippen LogP) is 1.77. The van der Waals surface area contributed by atoms with Crippen LogP contribution in [0.1, 0.15) is 39.0 Å². The summed E-state index contributed by atoms with van der Waals surface area (Å²) in [5.74, 6) is -1.94. The van der Waals surface area contributed by atoms with Crippen molar-refractivity contribution in [3.63, 3.8) is 0 Å². The number of hydrogen-bond acceptors (Lipinski definition) is 6. The number of hydrogen-bond donors (Lipinski definition) is 1. The summed E-state index contributed by atoms with van der Waals surface area (Å²) in [6, 6.07) is 0. The average Bonchev–Trinajstić information content (AvgIpc) is 2.48. The molecule has 4 aliphatic carbocycles. The molecule has 7 nitrogen and oxygen atoms in total. The molecule has 4 rings (SSSR count). The molecule has 0 amide bonds. The highest BCUT2D eigenvalue weighted by Crippen LogP contribution is 2.59. The van der Waals surface area contributed by atoms with E-state index in [4.69, 9.17) is 9.29 Å². The lowest BCUT2D eigenvalue weighted by molar-refractivity contribution is -0.210. The number of halogens is 2. The molecule has 0 aliphatic heterocycles. The van der Waals surface area contributed by atoms with E-state index < -0.39 is 39.5 Å². The number of carbonyl (C=O) groups is 2. The Morgan fingerprint density at radius 1 is 1.20 bits per heavy atom. The molecule has 0 spiro atoms. The summed E-state index contributed by atoms with van der Waals surface area (Å²) in [6.07, 6.45) is 4.74. The predicted molar refractivity (Wildman–Crippen MR) is 79.0 cm³/mol. The molecular weight excluding hydrogens is 362 g/mol. The average molecular weight is 382 g/mol. The van der Waals surface area contributed by atoms with Gasteiger partial charge in [0.1, 0.15) is 5.60 Å². The van der Waals surface area contributed by atoms with Crippen LogP contribution in [0.3, 0.4) is 0 Å². The van der Waals surface area contributed by atoms with Gasteiger partial charge in [-0.3, -0.25) is 4.55 Å². The molecule has 4 saturated carbocycles. The molecule has 10 heteroatoms. The minimum absolute atomic E-state index is 0.138. The van der Waals surface area contributed by atoms with E-state index in [0.29, 0.717) is 30.6 Å². The van der Waals surface area contributed by atoms with Crippen molar-refractivity contribution in [3.8, 4) is 0 Å². The summed E-state index contributed by atoms with van der Waals surface area (Å²) in [5.41, 5.74) is -0.663. The summed E-state index contributed by atoms with van der Waals surface area (Å²) < 4.78 is 65.0. The zero-order valence-electron chi connectivity index (χ0n) is 13.6. The van der Waals surface area contributed by atoms with Crippen molar-refractivity contribution in [3.05, 3.63) is 0 Å². The Bertz CT molecular complexity index is 676. The Hall–Kier alpha value is -1.29.